The van der Waals surface area contributed by atoms with Crippen LogP contribution in [0.15, 0.2) is 67.0 Å². The molecule has 2 aromatic heterocycles. The molecule has 10 nitrogen and oxygen atoms in total. The molecule has 0 amide bonds. The quantitative estimate of drug-likeness (QED) is 0.319. The number of hydrogen-bond donors (Lipinski definition) is 2. The van der Waals surface area contributed by atoms with E-state index in [1.165, 1.54) is 10.6 Å². The number of anilines is 4. The second kappa shape index (κ2) is 11.4. The number of para-hydroxylation sites is 1. The van der Waals surface area contributed by atoms with Crippen molar-refractivity contribution < 1.29 is 13.5 Å². The van der Waals surface area contributed by atoms with Gasteiger partial charge in [0.15, 0.2) is 0 Å². The van der Waals surface area contributed by atoms with Gasteiger partial charge in [0, 0.05) is 68.4 Å². The van der Waals surface area contributed by atoms with E-state index in [0.29, 0.717) is 30.8 Å². The maximum atomic E-state index is 12.2. The SMILES string of the molecule is C[C@H](O)CN1CCN(c2ccc(Nc3ncc4ccn(Cc5ccccc5N(C)S(C)(=O)=O)c4n3)cc2)C[C@@H]1C. The Hall–Kier alpha value is -3.67. The first-order chi connectivity index (χ1) is 19.1. The zero-order valence-corrected chi connectivity index (χ0v) is 24.2. The van der Waals surface area contributed by atoms with Crippen LogP contribution in [0, 0.1) is 0 Å². The number of aliphatic hydroxyl groups is 1. The molecule has 2 aromatic carbocycles. The highest BCUT2D eigenvalue weighted by atomic mass is 32.2. The van der Waals surface area contributed by atoms with E-state index in [9.17, 15) is 13.5 Å². The van der Waals surface area contributed by atoms with Crippen molar-refractivity contribution in [3.8, 4) is 0 Å². The number of nitrogens with one attached hydrogen (secondary N) is 1. The van der Waals surface area contributed by atoms with Crippen molar-refractivity contribution in [2.75, 3.05) is 54.0 Å². The van der Waals surface area contributed by atoms with Crippen LogP contribution in [0.5, 0.6) is 0 Å². The fraction of sp³-hybridized carbons (Fsp3) is 0.379. The molecule has 1 saturated heterocycles. The van der Waals surface area contributed by atoms with Crippen LogP contribution in [0.1, 0.15) is 19.4 Å². The van der Waals surface area contributed by atoms with Gasteiger partial charge >= 0.3 is 0 Å². The molecule has 0 aliphatic carbocycles. The highest BCUT2D eigenvalue weighted by Crippen LogP contribution is 2.26. The zero-order chi connectivity index (χ0) is 28.4. The first kappa shape index (κ1) is 27.9. The summed E-state index contributed by atoms with van der Waals surface area (Å²) in [6.07, 6.45) is 4.61. The van der Waals surface area contributed by atoms with Crippen LogP contribution < -0.4 is 14.5 Å². The third-order valence-electron chi connectivity index (χ3n) is 7.42. The Balaban J connectivity index is 1.30. The first-order valence-corrected chi connectivity index (χ1v) is 15.3. The summed E-state index contributed by atoms with van der Waals surface area (Å²) < 4.78 is 27.6. The lowest BCUT2D eigenvalue weighted by atomic mass is 10.1. The number of benzene rings is 2. The third-order valence-corrected chi connectivity index (χ3v) is 8.62. The fourth-order valence-corrected chi connectivity index (χ4v) is 5.73. The lowest BCUT2D eigenvalue weighted by Crippen LogP contribution is -2.53. The Morgan fingerprint density at radius 2 is 1.88 bits per heavy atom. The summed E-state index contributed by atoms with van der Waals surface area (Å²) in [7, 11) is -1.82. The van der Waals surface area contributed by atoms with Gasteiger partial charge in [-0.15, -0.1) is 0 Å². The van der Waals surface area contributed by atoms with Crippen molar-refractivity contribution in [2.24, 2.45) is 0 Å². The Morgan fingerprint density at radius 1 is 1.12 bits per heavy atom. The summed E-state index contributed by atoms with van der Waals surface area (Å²) in [5, 5.41) is 14.0. The van der Waals surface area contributed by atoms with Gasteiger partial charge in [-0.05, 0) is 55.8 Å². The van der Waals surface area contributed by atoms with E-state index in [1.54, 1.807) is 13.2 Å². The molecule has 2 N–H and O–H groups in total. The molecule has 11 heteroatoms. The van der Waals surface area contributed by atoms with Crippen LogP contribution in [-0.2, 0) is 16.6 Å². The van der Waals surface area contributed by atoms with E-state index in [2.05, 4.69) is 39.2 Å². The monoisotopic (exact) mass is 563 g/mol. The van der Waals surface area contributed by atoms with Gasteiger partial charge in [-0.2, -0.15) is 4.98 Å². The average Bonchev–Trinajstić information content (AvgIpc) is 3.31. The van der Waals surface area contributed by atoms with Gasteiger partial charge in [-0.3, -0.25) is 9.21 Å². The van der Waals surface area contributed by atoms with E-state index in [4.69, 9.17) is 4.98 Å². The zero-order valence-electron chi connectivity index (χ0n) is 23.4. The molecule has 0 saturated carbocycles. The topological polar surface area (TPSA) is 107 Å². The van der Waals surface area contributed by atoms with Gasteiger partial charge in [0.2, 0.25) is 16.0 Å². The van der Waals surface area contributed by atoms with Gasteiger partial charge in [-0.1, -0.05) is 18.2 Å². The normalized spacial score (nSPS) is 17.2. The second-order valence-corrected chi connectivity index (χ2v) is 12.6. The smallest absolute Gasteiger partial charge is 0.232 e. The molecule has 40 heavy (non-hydrogen) atoms. The van der Waals surface area contributed by atoms with Crippen molar-refractivity contribution in [1.29, 1.82) is 0 Å². The fourth-order valence-electron chi connectivity index (χ4n) is 5.20. The van der Waals surface area contributed by atoms with E-state index in [0.717, 1.165) is 47.6 Å². The number of piperazine rings is 1. The minimum atomic E-state index is -3.39. The second-order valence-electron chi connectivity index (χ2n) is 10.6. The molecule has 1 aliphatic rings. The van der Waals surface area contributed by atoms with Gasteiger partial charge < -0.3 is 19.9 Å². The van der Waals surface area contributed by atoms with Gasteiger partial charge in [0.05, 0.1) is 24.6 Å². The Bertz CT molecular complexity index is 1570. The van der Waals surface area contributed by atoms with E-state index >= 15 is 0 Å². The number of hydrogen-bond acceptors (Lipinski definition) is 8. The van der Waals surface area contributed by atoms with Crippen molar-refractivity contribution in [3.05, 3.63) is 72.6 Å². The van der Waals surface area contributed by atoms with Gasteiger partial charge in [0.25, 0.3) is 0 Å². The molecular formula is C29H37N7O3S. The lowest BCUT2D eigenvalue weighted by Gasteiger charge is -2.41. The highest BCUT2D eigenvalue weighted by Gasteiger charge is 2.24. The van der Waals surface area contributed by atoms with Crippen LogP contribution in [0.4, 0.5) is 23.0 Å². The standard InChI is InChI=1S/C29H37N7O3S/c1-21-18-35(16-15-34(21)19-22(2)37)26-11-9-25(10-12-26)31-29-30-17-23-13-14-36(28(23)32-29)20-24-7-5-6-8-27(24)33(3)40(4,38)39/h5-14,17,21-22,37H,15-16,18-20H2,1-4H3,(H,30,31,32)/t21-,22-/m0/s1. The number of sulfonamides is 1. The number of β-amino-alcohol motifs (C(OH)–C–C–N with tert-alkyl or cyclic N) is 1. The molecule has 1 aliphatic heterocycles. The minimum Gasteiger partial charge on any atom is -0.392 e. The number of aliphatic hydroxyl groups excluding tert-OH is 1. The number of aromatic nitrogens is 3. The molecule has 2 atom stereocenters. The Labute approximate surface area is 235 Å². The summed E-state index contributed by atoms with van der Waals surface area (Å²) in [6, 6.07) is 18.1. The summed E-state index contributed by atoms with van der Waals surface area (Å²) in [5.74, 6) is 0.488. The average molecular weight is 564 g/mol. The van der Waals surface area contributed by atoms with Gasteiger partial charge in [-0.25, -0.2) is 13.4 Å². The molecule has 1 fully saturated rings. The van der Waals surface area contributed by atoms with Gasteiger partial charge in [0.1, 0.15) is 5.65 Å². The molecule has 0 bridgehead atoms. The molecule has 0 spiro atoms. The van der Waals surface area contributed by atoms with Crippen LogP contribution in [0.25, 0.3) is 11.0 Å². The Morgan fingerprint density at radius 3 is 2.58 bits per heavy atom. The molecule has 0 radical (unpaired) electrons. The number of fused-ring (bicyclic) bond motifs is 1. The predicted octanol–water partition coefficient (Wildman–Crippen LogP) is 3.51. The molecular weight excluding hydrogens is 526 g/mol. The van der Waals surface area contributed by atoms with Crippen LogP contribution >= 0.6 is 0 Å². The minimum absolute atomic E-state index is 0.318. The Kier molecular flexibility index (Phi) is 7.97. The van der Waals surface area contributed by atoms with Crippen LogP contribution in [0.2, 0.25) is 0 Å². The van der Waals surface area contributed by atoms with E-state index < -0.39 is 10.0 Å². The molecule has 3 heterocycles. The summed E-state index contributed by atoms with van der Waals surface area (Å²) in [5.41, 5.74) is 4.32. The maximum absolute atomic E-state index is 12.2. The third kappa shape index (κ3) is 6.22. The van der Waals surface area contributed by atoms with Crippen molar-refractivity contribution in [2.45, 2.75) is 32.5 Å². The van der Waals surface area contributed by atoms with Crippen molar-refractivity contribution in [3.63, 3.8) is 0 Å². The molecule has 4 aromatic rings. The maximum Gasteiger partial charge on any atom is 0.232 e. The first-order valence-electron chi connectivity index (χ1n) is 13.5. The lowest BCUT2D eigenvalue weighted by molar-refractivity contribution is 0.0960. The summed E-state index contributed by atoms with van der Waals surface area (Å²) in [4.78, 5) is 14.0. The van der Waals surface area contributed by atoms with E-state index in [1.807, 2.05) is 60.2 Å². The summed E-state index contributed by atoms with van der Waals surface area (Å²) in [6.45, 7) is 7.97. The molecule has 5 rings (SSSR count). The number of rotatable bonds is 9. The largest absolute Gasteiger partial charge is 0.392 e. The van der Waals surface area contributed by atoms with Crippen LogP contribution in [0.3, 0.4) is 0 Å². The van der Waals surface area contributed by atoms with Crippen LogP contribution in [-0.4, -0.2) is 84.6 Å². The molecule has 212 valence electrons. The number of nitrogens with zero attached hydrogens (tertiary/aromatic N) is 6. The molecule has 0 unspecified atom stereocenters. The van der Waals surface area contributed by atoms with Crippen molar-refractivity contribution >= 4 is 44.1 Å². The van der Waals surface area contributed by atoms with E-state index in [-0.39, 0.29) is 6.10 Å². The van der Waals surface area contributed by atoms with Crippen molar-refractivity contribution in [1.82, 2.24) is 19.4 Å². The highest BCUT2D eigenvalue weighted by molar-refractivity contribution is 7.92. The summed E-state index contributed by atoms with van der Waals surface area (Å²) >= 11 is 0. The predicted molar refractivity (Wildman–Crippen MR) is 161 cm³/mol.